The van der Waals surface area contributed by atoms with Crippen molar-refractivity contribution in [2.45, 2.75) is 32.7 Å². The van der Waals surface area contributed by atoms with Crippen molar-refractivity contribution < 1.29 is 9.90 Å². The van der Waals surface area contributed by atoms with E-state index in [1.54, 1.807) is 17.9 Å². The molecule has 5 heteroatoms. The summed E-state index contributed by atoms with van der Waals surface area (Å²) in [7, 11) is 0. The maximum Gasteiger partial charge on any atom is 0.256 e. The predicted octanol–water partition coefficient (Wildman–Crippen LogP) is 0.690. The number of aliphatic hydroxyl groups excluding tert-OH is 1. The Bertz CT molecular complexity index is 434. The molecule has 0 bridgehead atoms. The average Bonchev–Trinajstić information content (AvgIpc) is 2.79. The molecule has 2 rings (SSSR count). The number of likely N-dealkylation sites (tertiary alicyclic amines) is 1. The fourth-order valence-electron chi connectivity index (χ4n) is 2.21. The van der Waals surface area contributed by atoms with E-state index in [1.807, 2.05) is 6.92 Å². The first-order valence-corrected chi connectivity index (χ1v) is 5.86. The van der Waals surface area contributed by atoms with Crippen LogP contribution in [0, 0.1) is 13.8 Å². The molecule has 1 atom stereocenters. The van der Waals surface area contributed by atoms with Crippen LogP contribution in [0.2, 0.25) is 0 Å². The van der Waals surface area contributed by atoms with E-state index >= 15 is 0 Å². The third-order valence-corrected chi connectivity index (χ3v) is 3.18. The topological polar surface area (TPSA) is 66.3 Å². The number of aryl methyl sites for hydroxylation is 2. The standard InChI is InChI=1S/C12H17N3O2/c1-8-6-11(9(2)14-13-8)12(17)15-5-3-4-10(15)7-16/h6,10,16H,3-5,7H2,1-2H3/t10-/m1/s1. The smallest absolute Gasteiger partial charge is 0.256 e. The first kappa shape index (κ1) is 12.0. The highest BCUT2D eigenvalue weighted by molar-refractivity contribution is 5.95. The van der Waals surface area contributed by atoms with Crippen LogP contribution in [0.1, 0.15) is 34.6 Å². The summed E-state index contributed by atoms with van der Waals surface area (Å²) in [6.07, 6.45) is 1.83. The van der Waals surface area contributed by atoms with Gasteiger partial charge in [0, 0.05) is 6.54 Å². The van der Waals surface area contributed by atoms with Crippen molar-refractivity contribution in [1.82, 2.24) is 15.1 Å². The summed E-state index contributed by atoms with van der Waals surface area (Å²) in [6, 6.07) is 1.72. The van der Waals surface area contributed by atoms with Gasteiger partial charge in [-0.15, -0.1) is 0 Å². The molecule has 0 spiro atoms. The minimum Gasteiger partial charge on any atom is -0.394 e. The largest absolute Gasteiger partial charge is 0.394 e. The molecule has 1 aliphatic heterocycles. The van der Waals surface area contributed by atoms with E-state index in [2.05, 4.69) is 10.2 Å². The van der Waals surface area contributed by atoms with E-state index in [4.69, 9.17) is 0 Å². The van der Waals surface area contributed by atoms with Crippen LogP contribution in [0.4, 0.5) is 0 Å². The van der Waals surface area contributed by atoms with E-state index < -0.39 is 0 Å². The van der Waals surface area contributed by atoms with Gasteiger partial charge in [0.2, 0.25) is 0 Å². The molecule has 0 radical (unpaired) electrons. The second-order valence-corrected chi connectivity index (χ2v) is 4.46. The molecular weight excluding hydrogens is 218 g/mol. The number of hydrogen-bond acceptors (Lipinski definition) is 4. The Balaban J connectivity index is 2.27. The number of hydrogen-bond donors (Lipinski definition) is 1. The van der Waals surface area contributed by atoms with Crippen LogP contribution >= 0.6 is 0 Å². The van der Waals surface area contributed by atoms with E-state index in [9.17, 15) is 9.90 Å². The average molecular weight is 235 g/mol. The Morgan fingerprint density at radius 1 is 1.53 bits per heavy atom. The zero-order valence-electron chi connectivity index (χ0n) is 10.2. The second-order valence-electron chi connectivity index (χ2n) is 4.46. The van der Waals surface area contributed by atoms with E-state index in [1.165, 1.54) is 0 Å². The molecule has 1 aromatic rings. The van der Waals surface area contributed by atoms with Crippen LogP contribution in [-0.2, 0) is 0 Å². The zero-order valence-corrected chi connectivity index (χ0v) is 10.2. The zero-order chi connectivity index (χ0) is 12.4. The Morgan fingerprint density at radius 3 is 3.00 bits per heavy atom. The number of carbonyl (C=O) groups excluding carboxylic acids is 1. The Kier molecular flexibility index (Phi) is 3.38. The lowest BCUT2D eigenvalue weighted by atomic mass is 10.1. The quantitative estimate of drug-likeness (QED) is 0.819. The van der Waals surface area contributed by atoms with Gasteiger partial charge in [0.05, 0.1) is 29.6 Å². The number of carbonyl (C=O) groups is 1. The fraction of sp³-hybridized carbons (Fsp3) is 0.583. The normalized spacial score (nSPS) is 19.7. The van der Waals surface area contributed by atoms with Gasteiger partial charge in [-0.25, -0.2) is 0 Å². The minimum absolute atomic E-state index is 0.0300. The van der Waals surface area contributed by atoms with E-state index in [-0.39, 0.29) is 18.6 Å². The summed E-state index contributed by atoms with van der Waals surface area (Å²) < 4.78 is 0. The van der Waals surface area contributed by atoms with Crippen molar-refractivity contribution in [2.75, 3.05) is 13.2 Å². The van der Waals surface area contributed by atoms with Crippen LogP contribution in [0.5, 0.6) is 0 Å². The molecular formula is C12H17N3O2. The summed E-state index contributed by atoms with van der Waals surface area (Å²) in [4.78, 5) is 14.1. The summed E-state index contributed by atoms with van der Waals surface area (Å²) >= 11 is 0. The Hall–Kier alpha value is -1.49. The summed E-state index contributed by atoms with van der Waals surface area (Å²) in [5, 5.41) is 17.1. The van der Waals surface area contributed by atoms with Gasteiger partial charge in [0.1, 0.15) is 0 Å². The van der Waals surface area contributed by atoms with Gasteiger partial charge in [-0.05, 0) is 32.8 Å². The summed E-state index contributed by atoms with van der Waals surface area (Å²) in [5.41, 5.74) is 1.97. The molecule has 0 aromatic carbocycles. The van der Waals surface area contributed by atoms with Crippen LogP contribution in [0.25, 0.3) is 0 Å². The number of amides is 1. The van der Waals surface area contributed by atoms with Crippen LogP contribution in [0.3, 0.4) is 0 Å². The van der Waals surface area contributed by atoms with Gasteiger partial charge in [-0.2, -0.15) is 10.2 Å². The van der Waals surface area contributed by atoms with Crippen LogP contribution < -0.4 is 0 Å². The van der Waals surface area contributed by atoms with Crippen molar-refractivity contribution >= 4 is 5.91 Å². The van der Waals surface area contributed by atoms with Gasteiger partial charge < -0.3 is 10.0 Å². The third kappa shape index (κ3) is 2.29. The van der Waals surface area contributed by atoms with Crippen LogP contribution in [-0.4, -0.2) is 45.3 Å². The van der Waals surface area contributed by atoms with Crippen molar-refractivity contribution in [1.29, 1.82) is 0 Å². The van der Waals surface area contributed by atoms with Gasteiger partial charge in [0.15, 0.2) is 0 Å². The summed E-state index contributed by atoms with van der Waals surface area (Å²) in [5.74, 6) is -0.0444. The highest BCUT2D eigenvalue weighted by Gasteiger charge is 2.29. The third-order valence-electron chi connectivity index (χ3n) is 3.18. The summed E-state index contributed by atoms with van der Waals surface area (Å²) in [6.45, 7) is 4.34. The van der Waals surface area contributed by atoms with E-state index in [0.29, 0.717) is 17.8 Å². The Labute approximate surface area is 100 Å². The molecule has 2 heterocycles. The predicted molar refractivity (Wildman–Crippen MR) is 62.7 cm³/mol. The first-order valence-electron chi connectivity index (χ1n) is 5.86. The van der Waals surface area contributed by atoms with E-state index in [0.717, 1.165) is 18.5 Å². The molecule has 0 aliphatic carbocycles. The molecule has 1 N–H and O–H groups in total. The molecule has 0 saturated carbocycles. The molecule has 5 nitrogen and oxygen atoms in total. The first-order chi connectivity index (χ1) is 8.13. The molecule has 1 fully saturated rings. The Morgan fingerprint density at radius 2 is 2.29 bits per heavy atom. The number of aliphatic hydroxyl groups is 1. The van der Waals surface area contributed by atoms with Gasteiger partial charge in [0.25, 0.3) is 5.91 Å². The number of rotatable bonds is 2. The van der Waals surface area contributed by atoms with Crippen molar-refractivity contribution in [3.05, 3.63) is 23.0 Å². The molecule has 1 amide bonds. The van der Waals surface area contributed by atoms with Crippen molar-refractivity contribution in [3.8, 4) is 0 Å². The maximum atomic E-state index is 12.3. The fourth-order valence-corrected chi connectivity index (χ4v) is 2.21. The molecule has 92 valence electrons. The van der Waals surface area contributed by atoms with Gasteiger partial charge in [-0.1, -0.05) is 0 Å². The molecule has 1 aliphatic rings. The highest BCUT2D eigenvalue weighted by atomic mass is 16.3. The lowest BCUT2D eigenvalue weighted by molar-refractivity contribution is 0.0676. The van der Waals surface area contributed by atoms with Crippen LogP contribution in [0.15, 0.2) is 6.07 Å². The molecule has 0 unspecified atom stereocenters. The van der Waals surface area contributed by atoms with Crippen molar-refractivity contribution in [2.24, 2.45) is 0 Å². The van der Waals surface area contributed by atoms with Crippen molar-refractivity contribution in [3.63, 3.8) is 0 Å². The van der Waals surface area contributed by atoms with Gasteiger partial charge >= 0.3 is 0 Å². The minimum atomic E-state index is -0.0460. The molecule has 1 saturated heterocycles. The second kappa shape index (κ2) is 4.79. The maximum absolute atomic E-state index is 12.3. The van der Waals surface area contributed by atoms with Gasteiger partial charge in [-0.3, -0.25) is 4.79 Å². The lowest BCUT2D eigenvalue weighted by Crippen LogP contribution is -2.38. The molecule has 1 aromatic heterocycles. The lowest BCUT2D eigenvalue weighted by Gasteiger charge is -2.23. The number of nitrogens with zero attached hydrogens (tertiary/aromatic N) is 3. The number of aromatic nitrogens is 2. The SMILES string of the molecule is Cc1cc(C(=O)N2CCC[C@@H]2CO)c(C)nn1. The monoisotopic (exact) mass is 235 g/mol. The molecule has 17 heavy (non-hydrogen) atoms. The highest BCUT2D eigenvalue weighted by Crippen LogP contribution is 2.20.